The zero-order chi connectivity index (χ0) is 21.5. The van der Waals surface area contributed by atoms with Gasteiger partial charge in [-0.1, -0.05) is 48.5 Å². The van der Waals surface area contributed by atoms with Crippen LogP contribution in [-0.2, 0) is 11.4 Å². The van der Waals surface area contributed by atoms with Crippen LogP contribution in [0.3, 0.4) is 0 Å². The van der Waals surface area contributed by atoms with Gasteiger partial charge < -0.3 is 9.64 Å². The van der Waals surface area contributed by atoms with Gasteiger partial charge >= 0.3 is 0 Å². The molecule has 5 nitrogen and oxygen atoms in total. The van der Waals surface area contributed by atoms with Gasteiger partial charge in [0.05, 0.1) is 0 Å². The van der Waals surface area contributed by atoms with Crippen molar-refractivity contribution in [3.05, 3.63) is 100 Å². The normalized spacial score (nSPS) is 14.3. The number of piperidine rings is 1. The number of hydrogen-bond donors (Lipinski definition) is 0. The number of ether oxygens (including phenoxy) is 1. The lowest BCUT2D eigenvalue weighted by molar-refractivity contribution is -0.126. The van der Waals surface area contributed by atoms with E-state index in [1.807, 2.05) is 59.5 Å². The minimum Gasteiger partial charge on any atom is -0.489 e. The second kappa shape index (κ2) is 9.94. The molecular formula is C26H26N2O3. The van der Waals surface area contributed by atoms with Gasteiger partial charge in [0.1, 0.15) is 18.1 Å². The fourth-order valence-electron chi connectivity index (χ4n) is 3.68. The minimum absolute atomic E-state index is 0.114. The molecule has 1 saturated heterocycles. The molecule has 1 fully saturated rings. The molecule has 4 rings (SSSR count). The van der Waals surface area contributed by atoms with Crippen LogP contribution in [0.5, 0.6) is 5.75 Å². The van der Waals surface area contributed by atoms with E-state index in [0.717, 1.165) is 49.2 Å². The first-order chi connectivity index (χ1) is 15.2. The maximum atomic E-state index is 13.3. The quantitative estimate of drug-likeness (QED) is 0.561. The van der Waals surface area contributed by atoms with Crippen molar-refractivity contribution in [1.29, 1.82) is 0 Å². The third kappa shape index (κ3) is 5.31. The van der Waals surface area contributed by atoms with Gasteiger partial charge in [0.2, 0.25) is 0 Å². The zero-order valence-electron chi connectivity index (χ0n) is 17.4. The Kier molecular flexibility index (Phi) is 6.62. The van der Waals surface area contributed by atoms with Crippen molar-refractivity contribution in [2.75, 3.05) is 13.1 Å². The smallest absolute Gasteiger partial charge is 0.270 e. The molecule has 0 aliphatic carbocycles. The number of nitrogens with zero attached hydrogens (tertiary/aromatic N) is 2. The van der Waals surface area contributed by atoms with E-state index in [0.29, 0.717) is 12.3 Å². The van der Waals surface area contributed by atoms with Crippen LogP contribution in [0, 0.1) is 0 Å². The van der Waals surface area contributed by atoms with Gasteiger partial charge in [-0.05, 0) is 54.7 Å². The fourth-order valence-corrected chi connectivity index (χ4v) is 3.68. The van der Waals surface area contributed by atoms with Crippen molar-refractivity contribution in [1.82, 2.24) is 9.47 Å². The number of likely N-dealkylation sites (tertiary alicyclic amines) is 1. The number of rotatable bonds is 6. The summed E-state index contributed by atoms with van der Waals surface area (Å²) >= 11 is 0. The Labute approximate surface area is 182 Å². The molecule has 3 aromatic rings. The van der Waals surface area contributed by atoms with Crippen molar-refractivity contribution in [3.8, 4) is 5.75 Å². The first-order valence-corrected chi connectivity index (χ1v) is 10.7. The largest absolute Gasteiger partial charge is 0.489 e. The van der Waals surface area contributed by atoms with E-state index in [1.54, 1.807) is 24.4 Å². The maximum Gasteiger partial charge on any atom is 0.270 e. The standard InChI is InChI=1S/C26H26N2O3/c29-25-11-5-8-18-28(25)24(26(30)27-16-6-2-7-17-27)19-21-12-14-23(15-13-21)31-20-22-9-3-1-4-10-22/h1,3-5,8-15,18-19H,2,6-7,16-17,20H2. The fraction of sp³-hybridized carbons (Fsp3) is 0.231. The molecule has 0 spiro atoms. The SMILES string of the molecule is O=C(C(=Cc1ccc(OCc2ccccc2)cc1)n1ccccc1=O)N1CCCCC1. The first kappa shape index (κ1) is 20.7. The molecule has 1 aliphatic rings. The van der Waals surface area contributed by atoms with E-state index in [1.165, 1.54) is 10.6 Å². The summed E-state index contributed by atoms with van der Waals surface area (Å²) in [5, 5.41) is 0. The monoisotopic (exact) mass is 414 g/mol. The molecule has 1 aliphatic heterocycles. The lowest BCUT2D eigenvalue weighted by atomic mass is 10.1. The van der Waals surface area contributed by atoms with Crippen LogP contribution in [-0.4, -0.2) is 28.5 Å². The van der Waals surface area contributed by atoms with Crippen LogP contribution in [0.2, 0.25) is 0 Å². The number of carbonyl (C=O) groups excluding carboxylic acids is 1. The van der Waals surface area contributed by atoms with Crippen LogP contribution < -0.4 is 10.3 Å². The number of aromatic nitrogens is 1. The summed E-state index contributed by atoms with van der Waals surface area (Å²) in [6.07, 6.45) is 6.55. The van der Waals surface area contributed by atoms with Gasteiger partial charge in [0.15, 0.2) is 0 Å². The maximum absolute atomic E-state index is 13.3. The van der Waals surface area contributed by atoms with Crippen molar-refractivity contribution in [2.24, 2.45) is 0 Å². The van der Waals surface area contributed by atoms with Gasteiger partial charge in [-0.15, -0.1) is 0 Å². The van der Waals surface area contributed by atoms with Crippen molar-refractivity contribution in [2.45, 2.75) is 25.9 Å². The Morgan fingerprint density at radius 2 is 1.58 bits per heavy atom. The Hall–Kier alpha value is -3.60. The van der Waals surface area contributed by atoms with E-state index < -0.39 is 0 Å². The van der Waals surface area contributed by atoms with Gasteiger partial charge in [-0.3, -0.25) is 14.2 Å². The van der Waals surface area contributed by atoms with E-state index in [9.17, 15) is 9.59 Å². The number of pyridine rings is 1. The van der Waals surface area contributed by atoms with Gasteiger partial charge in [-0.2, -0.15) is 0 Å². The number of benzene rings is 2. The average molecular weight is 415 g/mol. The van der Waals surface area contributed by atoms with Gasteiger partial charge in [-0.25, -0.2) is 0 Å². The highest BCUT2D eigenvalue weighted by molar-refractivity contribution is 6.18. The van der Waals surface area contributed by atoms with E-state index in [-0.39, 0.29) is 11.5 Å². The van der Waals surface area contributed by atoms with E-state index in [4.69, 9.17) is 4.74 Å². The summed E-state index contributed by atoms with van der Waals surface area (Å²) in [6, 6.07) is 22.5. The zero-order valence-corrected chi connectivity index (χ0v) is 17.4. The van der Waals surface area contributed by atoms with Crippen LogP contribution >= 0.6 is 0 Å². The lowest BCUT2D eigenvalue weighted by Gasteiger charge is -2.28. The molecule has 1 amide bonds. The Morgan fingerprint density at radius 1 is 0.871 bits per heavy atom. The molecule has 0 atom stereocenters. The molecule has 31 heavy (non-hydrogen) atoms. The average Bonchev–Trinajstić information content (AvgIpc) is 2.83. The molecule has 5 heteroatoms. The van der Waals surface area contributed by atoms with Crippen LogP contribution in [0.25, 0.3) is 11.8 Å². The molecule has 158 valence electrons. The van der Waals surface area contributed by atoms with E-state index >= 15 is 0 Å². The Balaban J connectivity index is 1.57. The molecule has 1 aromatic heterocycles. The molecule has 2 aromatic carbocycles. The Bertz CT molecular complexity index is 1100. The van der Waals surface area contributed by atoms with Crippen molar-refractivity contribution < 1.29 is 9.53 Å². The molecule has 0 N–H and O–H groups in total. The molecular weight excluding hydrogens is 388 g/mol. The predicted octanol–water partition coefficient (Wildman–Crippen LogP) is 4.44. The third-order valence-electron chi connectivity index (χ3n) is 5.38. The topological polar surface area (TPSA) is 51.5 Å². The third-order valence-corrected chi connectivity index (χ3v) is 5.38. The molecule has 0 bridgehead atoms. The summed E-state index contributed by atoms with van der Waals surface area (Å²) in [5.41, 5.74) is 2.08. The second-order valence-electron chi connectivity index (χ2n) is 7.63. The summed E-state index contributed by atoms with van der Waals surface area (Å²) in [5.74, 6) is 0.638. The molecule has 2 heterocycles. The lowest BCUT2D eigenvalue weighted by Crippen LogP contribution is -2.38. The number of hydrogen-bond acceptors (Lipinski definition) is 3. The summed E-state index contributed by atoms with van der Waals surface area (Å²) in [7, 11) is 0. The highest BCUT2D eigenvalue weighted by Crippen LogP contribution is 2.20. The Morgan fingerprint density at radius 3 is 2.29 bits per heavy atom. The van der Waals surface area contributed by atoms with E-state index in [2.05, 4.69) is 0 Å². The number of amides is 1. The number of carbonyl (C=O) groups is 1. The second-order valence-corrected chi connectivity index (χ2v) is 7.63. The van der Waals surface area contributed by atoms with Crippen molar-refractivity contribution in [3.63, 3.8) is 0 Å². The summed E-state index contributed by atoms with van der Waals surface area (Å²) < 4.78 is 7.27. The molecule has 0 saturated carbocycles. The highest BCUT2D eigenvalue weighted by Gasteiger charge is 2.22. The predicted molar refractivity (Wildman–Crippen MR) is 123 cm³/mol. The van der Waals surface area contributed by atoms with Crippen molar-refractivity contribution >= 4 is 17.7 Å². The highest BCUT2D eigenvalue weighted by atomic mass is 16.5. The first-order valence-electron chi connectivity index (χ1n) is 10.7. The summed E-state index contributed by atoms with van der Waals surface area (Å²) in [4.78, 5) is 27.5. The van der Waals surface area contributed by atoms with Crippen LogP contribution in [0.15, 0.2) is 83.8 Å². The minimum atomic E-state index is -0.220. The molecule has 0 radical (unpaired) electrons. The summed E-state index contributed by atoms with van der Waals surface area (Å²) in [6.45, 7) is 1.95. The van der Waals surface area contributed by atoms with Gasteiger partial charge in [0, 0.05) is 25.4 Å². The molecule has 0 unspecified atom stereocenters. The van der Waals surface area contributed by atoms with Crippen LogP contribution in [0.1, 0.15) is 30.4 Å². The van der Waals surface area contributed by atoms with Gasteiger partial charge in [0.25, 0.3) is 11.5 Å². The van der Waals surface area contributed by atoms with Crippen LogP contribution in [0.4, 0.5) is 0 Å².